The fourth-order valence-corrected chi connectivity index (χ4v) is 2.25. The molecule has 0 aliphatic rings. The summed E-state index contributed by atoms with van der Waals surface area (Å²) in [7, 11) is 0. The molecule has 20 heavy (non-hydrogen) atoms. The van der Waals surface area contributed by atoms with Gasteiger partial charge in [-0.1, -0.05) is 60.2 Å². The number of Topliss-reactive ketones (excluding diaryl/α,β-unsaturated/α-hetero) is 1. The minimum atomic E-state index is -0.864. The van der Waals surface area contributed by atoms with Crippen molar-refractivity contribution in [3.63, 3.8) is 0 Å². The predicted octanol–water partition coefficient (Wildman–Crippen LogP) is 3.94. The molecule has 2 nitrogen and oxygen atoms in total. The summed E-state index contributed by atoms with van der Waals surface area (Å²) in [5.41, 5.74) is 1.66. The Kier molecular flexibility index (Phi) is 4.05. The van der Waals surface area contributed by atoms with E-state index in [4.69, 9.17) is 0 Å². The Balaban J connectivity index is 2.29. The van der Waals surface area contributed by atoms with Gasteiger partial charge in [-0.15, -0.1) is 0 Å². The van der Waals surface area contributed by atoms with Crippen molar-refractivity contribution >= 4 is 5.78 Å². The summed E-state index contributed by atoms with van der Waals surface area (Å²) in [6, 6.07) is 16.8. The van der Waals surface area contributed by atoms with E-state index in [0.717, 1.165) is 11.1 Å². The topological polar surface area (TPSA) is 37.3 Å². The molecule has 0 fully saturated rings. The number of aliphatic hydroxyl groups excluding tert-OH is 1. The third kappa shape index (κ3) is 2.81. The monoisotopic (exact) mass is 268 g/mol. The summed E-state index contributed by atoms with van der Waals surface area (Å²) in [6.07, 6.45) is -0.823. The minimum absolute atomic E-state index is 0.0498. The number of benzene rings is 2. The van der Waals surface area contributed by atoms with Gasteiger partial charge in [0.05, 0.1) is 11.5 Å². The van der Waals surface area contributed by atoms with Crippen LogP contribution in [0.3, 0.4) is 0 Å². The Labute approximate surface area is 120 Å². The van der Waals surface area contributed by atoms with Crippen molar-refractivity contribution in [2.75, 3.05) is 0 Å². The lowest BCUT2D eigenvalue weighted by molar-refractivity contribution is 0.0388. The van der Waals surface area contributed by atoms with Gasteiger partial charge in [-0.25, -0.2) is 0 Å². The lowest BCUT2D eigenvalue weighted by Crippen LogP contribution is -2.31. The number of aryl methyl sites for hydroxylation is 1. The smallest absolute Gasteiger partial charge is 0.171 e. The molecule has 0 unspecified atom stereocenters. The molecule has 2 rings (SSSR count). The van der Waals surface area contributed by atoms with Crippen molar-refractivity contribution in [2.45, 2.75) is 26.9 Å². The van der Waals surface area contributed by atoms with Gasteiger partial charge in [-0.2, -0.15) is 0 Å². The highest BCUT2D eigenvalue weighted by molar-refractivity contribution is 6.00. The molecule has 0 saturated heterocycles. The van der Waals surface area contributed by atoms with Gasteiger partial charge in [0.15, 0.2) is 5.78 Å². The number of carbonyl (C=O) groups excluding carboxylic acids is 1. The summed E-state index contributed by atoms with van der Waals surface area (Å²) >= 11 is 0. The van der Waals surface area contributed by atoms with E-state index in [0.29, 0.717) is 5.56 Å². The molecule has 0 amide bonds. The van der Waals surface area contributed by atoms with Crippen LogP contribution in [0, 0.1) is 12.3 Å². The molecule has 1 N–H and O–H groups in total. The second-order valence-corrected chi connectivity index (χ2v) is 5.73. The Morgan fingerprint density at radius 1 is 1.00 bits per heavy atom. The molecular weight excluding hydrogens is 248 g/mol. The quantitative estimate of drug-likeness (QED) is 0.853. The molecule has 0 aliphatic heterocycles. The van der Waals surface area contributed by atoms with Crippen molar-refractivity contribution in [2.24, 2.45) is 5.41 Å². The van der Waals surface area contributed by atoms with Crippen LogP contribution in [-0.2, 0) is 0 Å². The highest BCUT2D eigenvalue weighted by atomic mass is 16.3. The van der Waals surface area contributed by atoms with E-state index in [1.54, 1.807) is 26.0 Å². The average Bonchev–Trinajstić information content (AvgIpc) is 2.47. The van der Waals surface area contributed by atoms with Gasteiger partial charge in [0.1, 0.15) is 0 Å². The van der Waals surface area contributed by atoms with E-state index in [1.165, 1.54) is 0 Å². The maximum absolute atomic E-state index is 12.6. The van der Waals surface area contributed by atoms with Gasteiger partial charge in [-0.05, 0) is 26.3 Å². The van der Waals surface area contributed by atoms with Crippen LogP contribution in [0.5, 0.6) is 0 Å². The fourth-order valence-electron chi connectivity index (χ4n) is 2.25. The first kappa shape index (κ1) is 14.5. The Morgan fingerprint density at radius 2 is 1.55 bits per heavy atom. The standard InChI is InChI=1S/C18H20O2/c1-13-9-11-15(12-10-13)17(20)18(2,3)16(19)14-7-5-4-6-8-14/h4-12,17,20H,1-3H3/t17-/m0/s1. The van der Waals surface area contributed by atoms with Crippen molar-refractivity contribution in [3.8, 4) is 0 Å². The number of hydrogen-bond acceptors (Lipinski definition) is 2. The van der Waals surface area contributed by atoms with E-state index < -0.39 is 11.5 Å². The molecule has 0 spiro atoms. The summed E-state index contributed by atoms with van der Waals surface area (Å²) in [5.74, 6) is -0.0498. The van der Waals surface area contributed by atoms with Crippen LogP contribution in [0.4, 0.5) is 0 Å². The van der Waals surface area contributed by atoms with Crippen LogP contribution in [0.15, 0.2) is 54.6 Å². The van der Waals surface area contributed by atoms with Crippen LogP contribution in [0.2, 0.25) is 0 Å². The van der Waals surface area contributed by atoms with Crippen LogP contribution < -0.4 is 0 Å². The minimum Gasteiger partial charge on any atom is -0.387 e. The molecule has 0 aliphatic carbocycles. The molecule has 0 aromatic heterocycles. The number of carbonyl (C=O) groups is 1. The Hall–Kier alpha value is -1.93. The zero-order valence-electron chi connectivity index (χ0n) is 12.1. The van der Waals surface area contributed by atoms with Gasteiger partial charge < -0.3 is 5.11 Å². The molecule has 0 heterocycles. The summed E-state index contributed by atoms with van der Waals surface area (Å²) in [5, 5.41) is 10.6. The first-order valence-electron chi connectivity index (χ1n) is 6.77. The van der Waals surface area contributed by atoms with Crippen LogP contribution >= 0.6 is 0 Å². The third-order valence-electron chi connectivity index (χ3n) is 3.70. The lowest BCUT2D eigenvalue weighted by atomic mass is 9.76. The summed E-state index contributed by atoms with van der Waals surface area (Å²) < 4.78 is 0. The van der Waals surface area contributed by atoms with Crippen LogP contribution in [0.25, 0.3) is 0 Å². The van der Waals surface area contributed by atoms with Crippen molar-refractivity contribution in [1.29, 1.82) is 0 Å². The maximum atomic E-state index is 12.6. The average molecular weight is 268 g/mol. The maximum Gasteiger partial charge on any atom is 0.171 e. The third-order valence-corrected chi connectivity index (χ3v) is 3.70. The van der Waals surface area contributed by atoms with Crippen LogP contribution in [0.1, 0.15) is 41.4 Å². The highest BCUT2D eigenvalue weighted by Crippen LogP contribution is 2.36. The number of ketones is 1. The second kappa shape index (κ2) is 5.59. The molecule has 2 aromatic carbocycles. The van der Waals surface area contributed by atoms with Gasteiger partial charge >= 0.3 is 0 Å². The summed E-state index contributed by atoms with van der Waals surface area (Å²) in [4.78, 5) is 12.6. The molecule has 0 radical (unpaired) electrons. The predicted molar refractivity (Wildman–Crippen MR) is 80.7 cm³/mol. The largest absolute Gasteiger partial charge is 0.387 e. The molecule has 104 valence electrons. The van der Waals surface area contributed by atoms with Crippen LogP contribution in [-0.4, -0.2) is 10.9 Å². The molecule has 0 saturated carbocycles. The van der Waals surface area contributed by atoms with Crippen molar-refractivity contribution in [3.05, 3.63) is 71.3 Å². The lowest BCUT2D eigenvalue weighted by Gasteiger charge is -2.29. The van der Waals surface area contributed by atoms with E-state index >= 15 is 0 Å². The van der Waals surface area contributed by atoms with Crippen molar-refractivity contribution < 1.29 is 9.90 Å². The normalized spacial score (nSPS) is 13.0. The molecule has 1 atom stereocenters. The SMILES string of the molecule is Cc1ccc([C@H](O)C(C)(C)C(=O)c2ccccc2)cc1. The van der Waals surface area contributed by atoms with E-state index in [-0.39, 0.29) is 5.78 Å². The zero-order chi connectivity index (χ0) is 14.8. The van der Waals surface area contributed by atoms with Crippen molar-refractivity contribution in [1.82, 2.24) is 0 Å². The number of aliphatic hydroxyl groups is 1. The Morgan fingerprint density at radius 3 is 2.10 bits per heavy atom. The first-order valence-corrected chi connectivity index (χ1v) is 6.77. The number of rotatable bonds is 4. The fraction of sp³-hybridized carbons (Fsp3) is 0.278. The van der Waals surface area contributed by atoms with E-state index in [9.17, 15) is 9.90 Å². The molecule has 0 bridgehead atoms. The van der Waals surface area contributed by atoms with Gasteiger partial charge in [-0.3, -0.25) is 4.79 Å². The zero-order valence-corrected chi connectivity index (χ0v) is 12.1. The highest BCUT2D eigenvalue weighted by Gasteiger charge is 2.37. The second-order valence-electron chi connectivity index (χ2n) is 5.73. The molecule has 2 heteroatoms. The van der Waals surface area contributed by atoms with E-state index in [1.807, 2.05) is 49.4 Å². The summed E-state index contributed by atoms with van der Waals surface area (Å²) in [6.45, 7) is 5.57. The van der Waals surface area contributed by atoms with Gasteiger partial charge in [0.25, 0.3) is 0 Å². The van der Waals surface area contributed by atoms with Gasteiger partial charge in [0.2, 0.25) is 0 Å². The van der Waals surface area contributed by atoms with E-state index in [2.05, 4.69) is 0 Å². The van der Waals surface area contributed by atoms with Gasteiger partial charge in [0, 0.05) is 5.56 Å². The Bertz CT molecular complexity index is 583. The molecular formula is C18H20O2. The molecule has 2 aromatic rings. The first-order chi connectivity index (χ1) is 9.43. The number of hydrogen-bond donors (Lipinski definition) is 1.